The Bertz CT molecular complexity index is 594. The number of nitrogens with one attached hydrogen (secondary N) is 1. The van der Waals surface area contributed by atoms with Crippen LogP contribution in [-0.2, 0) is 0 Å². The van der Waals surface area contributed by atoms with Gasteiger partial charge in [-0.3, -0.25) is 0 Å². The van der Waals surface area contributed by atoms with Crippen molar-refractivity contribution in [1.82, 2.24) is 5.32 Å². The highest BCUT2D eigenvalue weighted by molar-refractivity contribution is 7.15. The first-order chi connectivity index (χ1) is 10.0. The Kier molecular flexibility index (Phi) is 5.80. The monoisotopic (exact) mass is 325 g/mol. The van der Waals surface area contributed by atoms with Crippen LogP contribution in [0.25, 0.3) is 10.4 Å². The molecule has 0 amide bonds. The Balaban J connectivity index is 2.29. The van der Waals surface area contributed by atoms with Crippen molar-refractivity contribution < 1.29 is 4.39 Å². The van der Waals surface area contributed by atoms with Crippen molar-refractivity contribution in [2.75, 3.05) is 6.54 Å². The van der Waals surface area contributed by atoms with Gasteiger partial charge in [0.1, 0.15) is 5.82 Å². The number of halogens is 2. The van der Waals surface area contributed by atoms with Crippen molar-refractivity contribution in [2.45, 2.75) is 33.2 Å². The van der Waals surface area contributed by atoms with E-state index in [2.05, 4.69) is 32.2 Å². The lowest BCUT2D eigenvalue weighted by Crippen LogP contribution is -2.25. The molecule has 2 aromatic rings. The number of hydrogen-bond acceptors (Lipinski definition) is 2. The fraction of sp³-hybridized carbons (Fsp3) is 0.412. The van der Waals surface area contributed by atoms with Gasteiger partial charge in [0, 0.05) is 26.4 Å². The van der Waals surface area contributed by atoms with Gasteiger partial charge in [-0.2, -0.15) is 0 Å². The van der Waals surface area contributed by atoms with E-state index in [1.165, 1.54) is 17.0 Å². The molecule has 1 unspecified atom stereocenters. The fourth-order valence-corrected chi connectivity index (χ4v) is 3.88. The maximum absolute atomic E-state index is 13.4. The van der Waals surface area contributed by atoms with Gasteiger partial charge in [0.2, 0.25) is 0 Å². The van der Waals surface area contributed by atoms with Crippen LogP contribution in [0.1, 0.15) is 38.1 Å². The van der Waals surface area contributed by atoms with Crippen LogP contribution in [-0.4, -0.2) is 6.54 Å². The van der Waals surface area contributed by atoms with Gasteiger partial charge in [-0.25, -0.2) is 4.39 Å². The summed E-state index contributed by atoms with van der Waals surface area (Å²) in [7, 11) is 0. The average molecular weight is 326 g/mol. The van der Waals surface area contributed by atoms with Crippen LogP contribution >= 0.6 is 22.9 Å². The van der Waals surface area contributed by atoms with Gasteiger partial charge in [0.25, 0.3) is 0 Å². The maximum Gasteiger partial charge on any atom is 0.123 e. The van der Waals surface area contributed by atoms with Crippen LogP contribution in [0.15, 0.2) is 30.3 Å². The SMILES string of the molecule is CCCNC(c1ccc(-c2cc(F)ccc2Cl)s1)C(C)C. The van der Waals surface area contributed by atoms with E-state index in [-0.39, 0.29) is 5.82 Å². The summed E-state index contributed by atoms with van der Waals surface area (Å²) >= 11 is 7.87. The number of rotatable bonds is 6. The molecule has 1 nitrogen and oxygen atoms in total. The van der Waals surface area contributed by atoms with Gasteiger partial charge in [0.05, 0.1) is 0 Å². The third-order valence-electron chi connectivity index (χ3n) is 3.41. The Hall–Kier alpha value is -0.900. The molecule has 0 aliphatic heterocycles. The Morgan fingerprint density at radius 2 is 2.00 bits per heavy atom. The molecule has 0 bridgehead atoms. The molecular formula is C17H21ClFNS. The van der Waals surface area contributed by atoms with Gasteiger partial charge in [0.15, 0.2) is 0 Å². The number of hydrogen-bond donors (Lipinski definition) is 1. The van der Waals surface area contributed by atoms with E-state index in [0.717, 1.165) is 23.4 Å². The molecule has 21 heavy (non-hydrogen) atoms. The molecule has 4 heteroatoms. The highest BCUT2D eigenvalue weighted by atomic mass is 35.5. The first kappa shape index (κ1) is 16.5. The summed E-state index contributed by atoms with van der Waals surface area (Å²) in [5.74, 6) is 0.250. The van der Waals surface area contributed by atoms with Crippen molar-refractivity contribution in [1.29, 1.82) is 0 Å². The van der Waals surface area contributed by atoms with Crippen LogP contribution in [0.2, 0.25) is 5.02 Å². The second-order valence-electron chi connectivity index (χ2n) is 5.50. The van der Waals surface area contributed by atoms with E-state index >= 15 is 0 Å². The maximum atomic E-state index is 13.4. The van der Waals surface area contributed by atoms with Crippen molar-refractivity contribution in [2.24, 2.45) is 5.92 Å². The van der Waals surface area contributed by atoms with Crippen LogP contribution in [0.5, 0.6) is 0 Å². The molecule has 0 fully saturated rings. The normalized spacial score (nSPS) is 12.9. The summed E-state index contributed by atoms with van der Waals surface area (Å²) in [4.78, 5) is 2.28. The minimum Gasteiger partial charge on any atom is -0.309 e. The third kappa shape index (κ3) is 4.06. The van der Waals surface area contributed by atoms with Crippen molar-refractivity contribution in [3.8, 4) is 10.4 Å². The molecule has 0 radical (unpaired) electrons. The molecule has 1 heterocycles. The van der Waals surface area contributed by atoms with Gasteiger partial charge in [-0.15, -0.1) is 11.3 Å². The fourth-order valence-electron chi connectivity index (χ4n) is 2.32. The van der Waals surface area contributed by atoms with Crippen LogP contribution < -0.4 is 5.32 Å². The molecule has 2 rings (SSSR count). The summed E-state index contributed by atoms with van der Waals surface area (Å²) in [6.07, 6.45) is 1.11. The molecule has 0 aliphatic rings. The average Bonchev–Trinajstić information content (AvgIpc) is 2.91. The Morgan fingerprint density at radius 3 is 2.67 bits per heavy atom. The van der Waals surface area contributed by atoms with E-state index in [1.54, 1.807) is 17.4 Å². The summed E-state index contributed by atoms with van der Waals surface area (Å²) in [5, 5.41) is 4.17. The number of benzene rings is 1. The lowest BCUT2D eigenvalue weighted by atomic mass is 10.0. The molecule has 0 saturated heterocycles. The van der Waals surface area contributed by atoms with E-state index in [9.17, 15) is 4.39 Å². The summed E-state index contributed by atoms with van der Waals surface area (Å²) < 4.78 is 13.4. The lowest BCUT2D eigenvalue weighted by molar-refractivity contribution is 0.418. The topological polar surface area (TPSA) is 12.0 Å². The largest absolute Gasteiger partial charge is 0.309 e. The first-order valence-electron chi connectivity index (χ1n) is 7.31. The smallest absolute Gasteiger partial charge is 0.123 e. The van der Waals surface area contributed by atoms with E-state index < -0.39 is 0 Å². The summed E-state index contributed by atoms with van der Waals surface area (Å²) in [5.41, 5.74) is 0.769. The zero-order valence-electron chi connectivity index (χ0n) is 12.6. The van der Waals surface area contributed by atoms with Crippen LogP contribution in [0.3, 0.4) is 0 Å². The van der Waals surface area contributed by atoms with Gasteiger partial charge < -0.3 is 5.32 Å². The summed E-state index contributed by atoms with van der Waals surface area (Å²) in [6, 6.07) is 8.98. The Morgan fingerprint density at radius 1 is 1.24 bits per heavy atom. The second-order valence-corrected chi connectivity index (χ2v) is 7.02. The molecule has 0 saturated carbocycles. The molecular weight excluding hydrogens is 305 g/mol. The van der Waals surface area contributed by atoms with Gasteiger partial charge >= 0.3 is 0 Å². The van der Waals surface area contributed by atoms with E-state index in [4.69, 9.17) is 11.6 Å². The van der Waals surface area contributed by atoms with E-state index in [1.807, 2.05) is 6.07 Å². The Labute approximate surface area is 135 Å². The molecule has 0 spiro atoms. The van der Waals surface area contributed by atoms with Gasteiger partial charge in [-0.1, -0.05) is 32.4 Å². The highest BCUT2D eigenvalue weighted by Gasteiger charge is 2.18. The van der Waals surface area contributed by atoms with Crippen LogP contribution in [0, 0.1) is 11.7 Å². The standard InChI is InChI=1S/C17H21ClFNS/c1-4-9-20-17(11(2)3)16-8-7-15(21-16)13-10-12(19)5-6-14(13)18/h5-8,10-11,17,20H,4,9H2,1-3H3. The molecule has 1 aromatic carbocycles. The first-order valence-corrected chi connectivity index (χ1v) is 8.51. The second kappa shape index (κ2) is 7.39. The number of thiophene rings is 1. The molecule has 1 atom stereocenters. The van der Waals surface area contributed by atoms with Crippen molar-refractivity contribution >= 4 is 22.9 Å². The molecule has 1 N–H and O–H groups in total. The minimum absolute atomic E-state index is 0.256. The van der Waals surface area contributed by atoms with Crippen LogP contribution in [0.4, 0.5) is 4.39 Å². The van der Waals surface area contributed by atoms with Gasteiger partial charge in [-0.05, 0) is 49.2 Å². The summed E-state index contributed by atoms with van der Waals surface area (Å²) in [6.45, 7) is 7.58. The van der Waals surface area contributed by atoms with Crippen molar-refractivity contribution in [3.05, 3.63) is 46.0 Å². The zero-order valence-corrected chi connectivity index (χ0v) is 14.2. The minimum atomic E-state index is -0.256. The lowest BCUT2D eigenvalue weighted by Gasteiger charge is -2.21. The highest BCUT2D eigenvalue weighted by Crippen LogP contribution is 2.37. The zero-order chi connectivity index (χ0) is 15.4. The molecule has 114 valence electrons. The predicted octanol–water partition coefficient (Wildman–Crippen LogP) is 5.90. The quantitative estimate of drug-likeness (QED) is 0.696. The molecule has 0 aliphatic carbocycles. The van der Waals surface area contributed by atoms with Crippen molar-refractivity contribution in [3.63, 3.8) is 0 Å². The third-order valence-corrected chi connectivity index (χ3v) is 4.94. The molecule has 1 aromatic heterocycles. The predicted molar refractivity (Wildman–Crippen MR) is 90.6 cm³/mol. The van der Waals surface area contributed by atoms with E-state index in [0.29, 0.717) is 17.0 Å².